The number of carbonyl (C=O) groups is 2. The molecule has 1 aliphatic carbocycles. The molecule has 0 atom stereocenters. The van der Waals surface area contributed by atoms with Gasteiger partial charge in [0.05, 0.1) is 23.1 Å². The van der Waals surface area contributed by atoms with Crippen LogP contribution in [0.15, 0.2) is 52.4 Å². The first-order chi connectivity index (χ1) is 16.8. The molecule has 0 bridgehead atoms. The van der Waals surface area contributed by atoms with Crippen LogP contribution in [-0.2, 0) is 4.79 Å². The number of thiazole rings is 1. The molecule has 1 saturated carbocycles. The highest BCUT2D eigenvalue weighted by molar-refractivity contribution is 8.01. The zero-order chi connectivity index (χ0) is 24.7. The van der Waals surface area contributed by atoms with Gasteiger partial charge < -0.3 is 19.9 Å². The van der Waals surface area contributed by atoms with Gasteiger partial charge in [0.15, 0.2) is 5.13 Å². The van der Waals surface area contributed by atoms with Crippen molar-refractivity contribution in [3.05, 3.63) is 54.4 Å². The van der Waals surface area contributed by atoms with Crippen LogP contribution in [0.25, 0.3) is 0 Å². The van der Waals surface area contributed by atoms with Crippen molar-refractivity contribution in [2.24, 2.45) is 11.3 Å². The minimum atomic E-state index is -0.00277. The number of ether oxygens (including phenoxy) is 1. The number of carbonyl (C=O) groups excluding carboxylic acids is 2. The van der Waals surface area contributed by atoms with Gasteiger partial charge in [0.2, 0.25) is 5.91 Å². The quantitative estimate of drug-likeness (QED) is 0.514. The summed E-state index contributed by atoms with van der Waals surface area (Å²) in [4.78, 5) is 35.0. The Kier molecular flexibility index (Phi) is 6.40. The summed E-state index contributed by atoms with van der Waals surface area (Å²) in [7, 11) is 1.60. The molecule has 184 valence electrons. The molecular weight excluding hydrogens is 480 g/mol. The van der Waals surface area contributed by atoms with Crippen LogP contribution in [0, 0.1) is 18.3 Å². The Balaban J connectivity index is 1.28. The van der Waals surface area contributed by atoms with Crippen molar-refractivity contribution >= 4 is 40.0 Å². The van der Waals surface area contributed by atoms with E-state index >= 15 is 0 Å². The smallest absolute Gasteiger partial charge is 0.257 e. The van der Waals surface area contributed by atoms with Crippen LogP contribution in [0.5, 0.6) is 5.75 Å². The van der Waals surface area contributed by atoms with Crippen molar-refractivity contribution < 1.29 is 14.3 Å². The van der Waals surface area contributed by atoms with E-state index in [1.807, 2.05) is 24.0 Å². The van der Waals surface area contributed by atoms with Gasteiger partial charge in [0.1, 0.15) is 5.75 Å². The normalized spacial score (nSPS) is 18.3. The lowest BCUT2D eigenvalue weighted by Crippen LogP contribution is -2.59. The summed E-state index contributed by atoms with van der Waals surface area (Å²) in [5.41, 5.74) is 2.69. The predicted octanol–water partition coefficient (Wildman–Crippen LogP) is 4.81. The number of aromatic nitrogens is 1. The molecule has 7 nitrogen and oxygen atoms in total. The fourth-order valence-electron chi connectivity index (χ4n) is 4.78. The molecule has 3 heterocycles. The highest BCUT2D eigenvalue weighted by Crippen LogP contribution is 2.43. The van der Waals surface area contributed by atoms with E-state index < -0.39 is 0 Å². The number of likely N-dealkylation sites (tertiary alicyclic amines) is 2. The number of aryl methyl sites for hydroxylation is 1. The maximum atomic E-state index is 13.5. The van der Waals surface area contributed by atoms with E-state index in [0.29, 0.717) is 16.4 Å². The van der Waals surface area contributed by atoms with E-state index in [9.17, 15) is 9.59 Å². The lowest BCUT2D eigenvalue weighted by atomic mass is 9.78. The zero-order valence-corrected chi connectivity index (χ0v) is 21.8. The first-order valence-electron chi connectivity index (χ1n) is 11.8. The third kappa shape index (κ3) is 4.84. The molecule has 2 aliphatic heterocycles. The molecular formula is C26H30N4O3S2. The molecule has 1 spiro atoms. The number of hydrogen-bond acceptors (Lipinski definition) is 7. The first kappa shape index (κ1) is 23.9. The monoisotopic (exact) mass is 510 g/mol. The van der Waals surface area contributed by atoms with Gasteiger partial charge in [-0.15, -0.1) is 0 Å². The van der Waals surface area contributed by atoms with Crippen molar-refractivity contribution in [2.75, 3.05) is 38.6 Å². The van der Waals surface area contributed by atoms with Crippen molar-refractivity contribution in [3.63, 3.8) is 0 Å². The van der Waals surface area contributed by atoms with Gasteiger partial charge in [0.25, 0.3) is 5.91 Å². The van der Waals surface area contributed by atoms with E-state index in [1.165, 1.54) is 11.3 Å². The Morgan fingerprint density at radius 1 is 1.29 bits per heavy atom. The largest absolute Gasteiger partial charge is 0.496 e. The van der Waals surface area contributed by atoms with Crippen LogP contribution < -0.4 is 10.1 Å². The molecule has 2 aromatic rings. The van der Waals surface area contributed by atoms with Crippen molar-refractivity contribution in [1.29, 1.82) is 0 Å². The Morgan fingerprint density at radius 2 is 2.03 bits per heavy atom. The van der Waals surface area contributed by atoms with Crippen LogP contribution in [0.4, 0.5) is 5.13 Å². The highest BCUT2D eigenvalue weighted by Gasteiger charge is 2.49. The van der Waals surface area contributed by atoms with Gasteiger partial charge in [-0.3, -0.25) is 9.59 Å². The summed E-state index contributed by atoms with van der Waals surface area (Å²) in [6.07, 6.45) is 6.54. The zero-order valence-electron chi connectivity index (χ0n) is 20.1. The number of rotatable bonds is 8. The van der Waals surface area contributed by atoms with E-state index in [2.05, 4.69) is 28.4 Å². The van der Waals surface area contributed by atoms with E-state index in [1.54, 1.807) is 31.1 Å². The van der Waals surface area contributed by atoms with Gasteiger partial charge in [-0.25, -0.2) is 4.98 Å². The van der Waals surface area contributed by atoms with Crippen LogP contribution in [0.2, 0.25) is 0 Å². The Hall–Kier alpha value is -2.78. The van der Waals surface area contributed by atoms with Gasteiger partial charge >= 0.3 is 0 Å². The maximum Gasteiger partial charge on any atom is 0.257 e. The van der Waals surface area contributed by atoms with Gasteiger partial charge in [-0.2, -0.15) is 0 Å². The topological polar surface area (TPSA) is 74.8 Å². The molecule has 2 saturated heterocycles. The minimum absolute atomic E-state index is 0.00277. The average molecular weight is 511 g/mol. The average Bonchev–Trinajstić information content (AvgIpc) is 3.44. The summed E-state index contributed by atoms with van der Waals surface area (Å²) in [6, 6.07) is 3.85. The van der Waals surface area contributed by atoms with Crippen LogP contribution in [0.1, 0.15) is 35.2 Å². The number of anilines is 1. The molecule has 5 rings (SSSR count). The standard InChI is InChI=1S/C26H30N4O3S2/c1-5-17(3)29-9-8-26(13-29)14-30(15-26)24(32)19-11-21(16(2)10-20(19)33-4)34-22-12-27-25(35-22)28-23(31)18-6-7-18/h5,10-12,18H,1,3,6-9,13-15H2,2,4H3,(H,27,28,31). The van der Waals surface area contributed by atoms with Gasteiger partial charge in [-0.05, 0) is 50.0 Å². The van der Waals surface area contributed by atoms with E-state index in [-0.39, 0.29) is 23.1 Å². The van der Waals surface area contributed by atoms with Crippen LogP contribution in [0.3, 0.4) is 0 Å². The van der Waals surface area contributed by atoms with E-state index in [0.717, 1.165) is 65.8 Å². The Bertz CT molecular complexity index is 1200. The maximum absolute atomic E-state index is 13.5. The summed E-state index contributed by atoms with van der Waals surface area (Å²) < 4.78 is 6.54. The fourth-order valence-corrected chi connectivity index (χ4v) is 6.72. The van der Waals surface area contributed by atoms with Crippen LogP contribution >= 0.6 is 23.1 Å². The molecule has 0 radical (unpaired) electrons. The summed E-state index contributed by atoms with van der Waals surface area (Å²) in [5, 5.41) is 3.51. The van der Waals surface area contributed by atoms with Crippen molar-refractivity contribution in [3.8, 4) is 5.75 Å². The number of benzene rings is 1. The summed E-state index contributed by atoms with van der Waals surface area (Å²) >= 11 is 3.00. The predicted molar refractivity (Wildman–Crippen MR) is 139 cm³/mol. The molecule has 1 aromatic carbocycles. The molecule has 2 amide bonds. The van der Waals surface area contributed by atoms with E-state index in [4.69, 9.17) is 4.74 Å². The third-order valence-corrected chi connectivity index (χ3v) is 9.19. The second kappa shape index (κ2) is 9.35. The Labute approximate surface area is 214 Å². The molecule has 0 unspecified atom stereocenters. The van der Waals surface area contributed by atoms with Crippen molar-refractivity contribution in [1.82, 2.24) is 14.8 Å². The second-order valence-corrected chi connectivity index (χ2v) is 12.1. The highest BCUT2D eigenvalue weighted by atomic mass is 32.2. The number of hydrogen-bond donors (Lipinski definition) is 1. The minimum Gasteiger partial charge on any atom is -0.496 e. The number of amides is 2. The number of methoxy groups -OCH3 is 1. The SMILES string of the molecule is C=CC(=C)N1CCC2(C1)CN(C(=O)c1cc(Sc3cnc(NC(=O)C4CC4)s3)c(C)cc1OC)C2. The summed E-state index contributed by atoms with van der Waals surface area (Å²) in [5.74, 6) is 0.779. The molecule has 35 heavy (non-hydrogen) atoms. The lowest BCUT2D eigenvalue weighted by Gasteiger charge is -2.48. The van der Waals surface area contributed by atoms with Crippen molar-refractivity contribution in [2.45, 2.75) is 35.3 Å². The van der Waals surface area contributed by atoms with Crippen LogP contribution in [-0.4, -0.2) is 59.9 Å². The van der Waals surface area contributed by atoms with Gasteiger partial charge in [-0.1, -0.05) is 36.3 Å². The molecule has 3 aliphatic rings. The fraction of sp³-hybridized carbons (Fsp3) is 0.423. The lowest BCUT2D eigenvalue weighted by molar-refractivity contribution is -0.117. The second-order valence-electron chi connectivity index (χ2n) is 9.70. The first-order valence-corrected chi connectivity index (χ1v) is 13.4. The molecule has 1 N–H and O–H groups in total. The Morgan fingerprint density at radius 3 is 2.71 bits per heavy atom. The van der Waals surface area contributed by atoms with Gasteiger partial charge in [0, 0.05) is 48.1 Å². The summed E-state index contributed by atoms with van der Waals surface area (Å²) in [6.45, 7) is 13.3. The molecule has 9 heteroatoms. The molecule has 3 fully saturated rings. The molecule has 1 aromatic heterocycles. The number of nitrogens with zero attached hydrogens (tertiary/aromatic N) is 3. The third-order valence-electron chi connectivity index (χ3n) is 7.02. The number of allylic oxidation sites excluding steroid dienone is 1. The number of nitrogens with one attached hydrogen (secondary N) is 1.